The van der Waals surface area contributed by atoms with Gasteiger partial charge < -0.3 is 10.4 Å². The zero-order chi connectivity index (χ0) is 16.3. The molecule has 1 aliphatic carbocycles. The highest BCUT2D eigenvalue weighted by Crippen LogP contribution is 2.36. The van der Waals surface area contributed by atoms with Gasteiger partial charge in [0.25, 0.3) is 0 Å². The Bertz CT molecular complexity index is 509. The van der Waals surface area contributed by atoms with Crippen LogP contribution in [0.5, 0.6) is 0 Å². The van der Waals surface area contributed by atoms with Crippen LogP contribution in [0.2, 0.25) is 0 Å². The lowest BCUT2D eigenvalue weighted by molar-refractivity contribution is -0.130. The maximum absolute atomic E-state index is 13.1. The van der Waals surface area contributed by atoms with E-state index in [-0.39, 0.29) is 31.6 Å². The van der Waals surface area contributed by atoms with E-state index in [0.717, 1.165) is 0 Å². The van der Waals surface area contributed by atoms with E-state index in [1.165, 1.54) is 24.3 Å². The lowest BCUT2D eigenvalue weighted by Gasteiger charge is -2.29. The Morgan fingerprint density at radius 3 is 2.36 bits per heavy atom. The van der Waals surface area contributed by atoms with Gasteiger partial charge in [-0.05, 0) is 37.5 Å². The largest absolute Gasteiger partial charge is 0.386 e. The zero-order valence-corrected chi connectivity index (χ0v) is 12.4. The molecular weight excluding hydrogens is 295 g/mol. The fourth-order valence-electron chi connectivity index (χ4n) is 2.67. The molecule has 2 rings (SSSR count). The SMILES string of the molecule is CC(NC(=O)C1CCC(F)(F)CC1)C(O)c1ccc(F)cc1. The average Bonchev–Trinajstić information content (AvgIpc) is 2.47. The fraction of sp³-hybridized carbons (Fsp3) is 0.562. The number of rotatable bonds is 4. The molecule has 0 radical (unpaired) electrons. The molecule has 1 saturated carbocycles. The molecule has 1 fully saturated rings. The average molecular weight is 315 g/mol. The lowest BCUT2D eigenvalue weighted by Crippen LogP contribution is -2.42. The van der Waals surface area contributed by atoms with Crippen molar-refractivity contribution in [2.24, 2.45) is 5.92 Å². The van der Waals surface area contributed by atoms with Gasteiger partial charge in [-0.3, -0.25) is 4.79 Å². The summed E-state index contributed by atoms with van der Waals surface area (Å²) in [6.07, 6.45) is -1.23. The van der Waals surface area contributed by atoms with Gasteiger partial charge in [-0.15, -0.1) is 0 Å². The first-order valence-electron chi connectivity index (χ1n) is 7.40. The second-order valence-corrected chi connectivity index (χ2v) is 5.92. The van der Waals surface area contributed by atoms with Gasteiger partial charge in [0.1, 0.15) is 5.82 Å². The number of amides is 1. The van der Waals surface area contributed by atoms with E-state index in [4.69, 9.17) is 0 Å². The Balaban J connectivity index is 1.89. The number of hydrogen-bond acceptors (Lipinski definition) is 2. The van der Waals surface area contributed by atoms with Crippen LogP contribution in [0.15, 0.2) is 24.3 Å². The molecule has 0 spiro atoms. The van der Waals surface area contributed by atoms with Crippen molar-refractivity contribution in [3.63, 3.8) is 0 Å². The Morgan fingerprint density at radius 2 is 1.82 bits per heavy atom. The highest BCUT2D eigenvalue weighted by atomic mass is 19.3. The molecule has 0 aliphatic heterocycles. The van der Waals surface area contributed by atoms with Crippen LogP contribution in [-0.2, 0) is 4.79 Å². The van der Waals surface area contributed by atoms with Crippen LogP contribution in [0.1, 0.15) is 44.3 Å². The van der Waals surface area contributed by atoms with Crippen LogP contribution >= 0.6 is 0 Å². The first-order valence-corrected chi connectivity index (χ1v) is 7.40. The normalized spacial score (nSPS) is 21.1. The number of hydrogen-bond donors (Lipinski definition) is 2. The van der Waals surface area contributed by atoms with Gasteiger partial charge in [-0.2, -0.15) is 0 Å². The first-order chi connectivity index (χ1) is 10.3. The number of aliphatic hydroxyl groups excluding tert-OH is 1. The van der Waals surface area contributed by atoms with Crippen molar-refractivity contribution < 1.29 is 23.1 Å². The van der Waals surface area contributed by atoms with Crippen molar-refractivity contribution in [1.29, 1.82) is 0 Å². The molecule has 2 atom stereocenters. The van der Waals surface area contributed by atoms with Crippen LogP contribution in [0, 0.1) is 11.7 Å². The summed E-state index contributed by atoms with van der Waals surface area (Å²) >= 11 is 0. The maximum atomic E-state index is 13.1. The second-order valence-electron chi connectivity index (χ2n) is 5.92. The predicted octanol–water partition coefficient (Wildman–Crippen LogP) is 3.19. The van der Waals surface area contributed by atoms with Gasteiger partial charge in [-0.25, -0.2) is 13.2 Å². The molecule has 6 heteroatoms. The highest BCUT2D eigenvalue weighted by molar-refractivity contribution is 5.79. The zero-order valence-electron chi connectivity index (χ0n) is 12.4. The van der Waals surface area contributed by atoms with Crippen LogP contribution in [0.25, 0.3) is 0 Å². The Hall–Kier alpha value is -1.56. The molecule has 2 N–H and O–H groups in total. The molecule has 122 valence electrons. The molecule has 1 amide bonds. The summed E-state index contributed by atoms with van der Waals surface area (Å²) in [6.45, 7) is 1.63. The Morgan fingerprint density at radius 1 is 1.27 bits per heavy atom. The molecule has 1 aromatic rings. The highest BCUT2D eigenvalue weighted by Gasteiger charge is 2.37. The van der Waals surface area contributed by atoms with Gasteiger partial charge in [0.05, 0.1) is 12.1 Å². The quantitative estimate of drug-likeness (QED) is 0.896. The number of carbonyl (C=O) groups is 1. The molecule has 1 aromatic carbocycles. The molecule has 22 heavy (non-hydrogen) atoms. The van der Waals surface area contributed by atoms with Crippen LogP contribution < -0.4 is 5.32 Å². The topological polar surface area (TPSA) is 49.3 Å². The van der Waals surface area contributed by atoms with E-state index in [1.54, 1.807) is 6.92 Å². The molecule has 0 heterocycles. The van der Waals surface area contributed by atoms with Crippen molar-refractivity contribution >= 4 is 5.91 Å². The van der Waals surface area contributed by atoms with E-state index < -0.39 is 29.8 Å². The first kappa shape index (κ1) is 16.8. The number of alkyl halides is 2. The monoisotopic (exact) mass is 315 g/mol. The van der Waals surface area contributed by atoms with Gasteiger partial charge >= 0.3 is 0 Å². The van der Waals surface area contributed by atoms with Crippen LogP contribution in [0.3, 0.4) is 0 Å². The van der Waals surface area contributed by atoms with Crippen LogP contribution in [0.4, 0.5) is 13.2 Å². The number of benzene rings is 1. The van der Waals surface area contributed by atoms with Gasteiger partial charge in [0.15, 0.2) is 0 Å². The minimum Gasteiger partial charge on any atom is -0.386 e. The molecular formula is C16H20F3NO2. The second kappa shape index (κ2) is 6.69. The lowest BCUT2D eigenvalue weighted by atomic mass is 9.86. The summed E-state index contributed by atoms with van der Waals surface area (Å²) in [6, 6.07) is 4.78. The number of aliphatic hydroxyl groups is 1. The summed E-state index contributed by atoms with van der Waals surface area (Å²) in [7, 11) is 0. The van der Waals surface area contributed by atoms with E-state index in [0.29, 0.717) is 5.56 Å². The fourth-order valence-corrected chi connectivity index (χ4v) is 2.67. The van der Waals surface area contributed by atoms with Crippen molar-refractivity contribution in [2.75, 3.05) is 0 Å². The Kier molecular flexibility index (Phi) is 5.11. The van der Waals surface area contributed by atoms with Gasteiger partial charge in [0.2, 0.25) is 11.8 Å². The molecule has 0 bridgehead atoms. The van der Waals surface area contributed by atoms with Crippen molar-refractivity contribution in [1.82, 2.24) is 5.32 Å². The van der Waals surface area contributed by atoms with E-state index in [9.17, 15) is 23.1 Å². The van der Waals surface area contributed by atoms with E-state index in [2.05, 4.69) is 5.32 Å². The molecule has 0 aromatic heterocycles. The summed E-state index contributed by atoms with van der Waals surface area (Å²) < 4.78 is 39.0. The van der Waals surface area contributed by atoms with E-state index in [1.807, 2.05) is 0 Å². The molecule has 3 nitrogen and oxygen atoms in total. The van der Waals surface area contributed by atoms with Crippen LogP contribution in [-0.4, -0.2) is 23.0 Å². The van der Waals surface area contributed by atoms with Gasteiger partial charge in [-0.1, -0.05) is 12.1 Å². The third-order valence-corrected chi connectivity index (χ3v) is 4.14. The Labute approximate surface area is 127 Å². The summed E-state index contributed by atoms with van der Waals surface area (Å²) in [5.74, 6) is -3.84. The number of carbonyl (C=O) groups excluding carboxylic acids is 1. The number of halogens is 3. The summed E-state index contributed by atoms with van der Waals surface area (Å²) in [5, 5.41) is 12.8. The standard InChI is InChI=1S/C16H20F3NO2/c1-10(14(21)11-2-4-13(17)5-3-11)20-15(22)12-6-8-16(18,19)9-7-12/h2-5,10,12,14,21H,6-9H2,1H3,(H,20,22). The maximum Gasteiger partial charge on any atom is 0.248 e. The van der Waals surface area contributed by atoms with Crippen molar-refractivity contribution in [3.05, 3.63) is 35.6 Å². The minimum atomic E-state index is -2.67. The number of nitrogens with one attached hydrogen (secondary N) is 1. The third-order valence-electron chi connectivity index (χ3n) is 4.14. The van der Waals surface area contributed by atoms with Crippen molar-refractivity contribution in [2.45, 2.75) is 50.7 Å². The van der Waals surface area contributed by atoms with Crippen molar-refractivity contribution in [3.8, 4) is 0 Å². The minimum absolute atomic E-state index is 0.151. The molecule has 2 unspecified atom stereocenters. The van der Waals surface area contributed by atoms with E-state index >= 15 is 0 Å². The smallest absolute Gasteiger partial charge is 0.248 e. The van der Waals surface area contributed by atoms with Gasteiger partial charge in [0, 0.05) is 18.8 Å². The molecule has 1 aliphatic rings. The molecule has 0 saturated heterocycles. The third kappa shape index (κ3) is 4.22. The summed E-state index contributed by atoms with van der Waals surface area (Å²) in [4.78, 5) is 12.1. The summed E-state index contributed by atoms with van der Waals surface area (Å²) in [5.41, 5.74) is 0.490. The predicted molar refractivity (Wildman–Crippen MR) is 75.9 cm³/mol.